The Morgan fingerprint density at radius 2 is 1.89 bits per heavy atom. The van der Waals surface area contributed by atoms with E-state index in [1.165, 1.54) is 6.33 Å². The van der Waals surface area contributed by atoms with E-state index >= 15 is 0 Å². The van der Waals surface area contributed by atoms with E-state index in [9.17, 15) is 14.9 Å². The predicted molar refractivity (Wildman–Crippen MR) is 143 cm³/mol. The van der Waals surface area contributed by atoms with Crippen LogP contribution in [0.15, 0.2) is 24.7 Å². The third-order valence-electron chi connectivity index (χ3n) is 6.96. The third kappa shape index (κ3) is 4.95. The van der Waals surface area contributed by atoms with E-state index in [2.05, 4.69) is 31.2 Å². The Morgan fingerprint density at radius 3 is 2.55 bits per heavy atom. The summed E-state index contributed by atoms with van der Waals surface area (Å²) in [5, 5.41) is 12.4. The van der Waals surface area contributed by atoms with Crippen LogP contribution in [0.1, 0.15) is 59.6 Å². The van der Waals surface area contributed by atoms with Crippen LogP contribution in [0, 0.1) is 11.3 Å². The Kier molecular flexibility index (Phi) is 7.19. The number of nitrogens with zero attached hydrogens (tertiary/aromatic N) is 7. The number of pyridine rings is 1. The van der Waals surface area contributed by atoms with Crippen LogP contribution in [0.2, 0.25) is 0 Å². The molecule has 4 rings (SSSR count). The van der Waals surface area contributed by atoms with Gasteiger partial charge in [-0.15, -0.1) is 0 Å². The van der Waals surface area contributed by atoms with Crippen LogP contribution in [0.5, 0.6) is 0 Å². The van der Waals surface area contributed by atoms with Crippen molar-refractivity contribution in [3.8, 4) is 6.07 Å². The van der Waals surface area contributed by atoms with Crippen molar-refractivity contribution in [2.75, 3.05) is 36.0 Å². The molecule has 0 aromatic carbocycles. The van der Waals surface area contributed by atoms with Crippen molar-refractivity contribution >= 4 is 29.5 Å². The SMILES string of the molecule is CCNC(=O)C1(C)CN(c2cc(C#N)ccn2)c2ncnc(N3C[C@@H](C)N(C(=O)OC(C)(C)C)C[C@@H]3C)c21. The quantitative estimate of drug-likeness (QED) is 0.647. The van der Waals surface area contributed by atoms with Crippen LogP contribution in [0.3, 0.4) is 0 Å². The van der Waals surface area contributed by atoms with Crippen LogP contribution < -0.4 is 15.1 Å². The molecule has 38 heavy (non-hydrogen) atoms. The first-order chi connectivity index (χ1) is 17.9. The van der Waals surface area contributed by atoms with Gasteiger partial charge in [-0.25, -0.2) is 19.7 Å². The number of fused-ring (bicyclic) bond motifs is 1. The van der Waals surface area contributed by atoms with Crippen molar-refractivity contribution in [3.63, 3.8) is 0 Å². The summed E-state index contributed by atoms with van der Waals surface area (Å²) < 4.78 is 5.64. The number of nitriles is 1. The molecular weight excluding hydrogens is 484 g/mol. The van der Waals surface area contributed by atoms with Gasteiger partial charge in [0, 0.05) is 44.5 Å². The van der Waals surface area contributed by atoms with Gasteiger partial charge >= 0.3 is 6.09 Å². The molecule has 1 saturated heterocycles. The molecule has 0 bridgehead atoms. The molecule has 1 N–H and O–H groups in total. The van der Waals surface area contributed by atoms with Crippen molar-refractivity contribution in [2.45, 2.75) is 71.6 Å². The summed E-state index contributed by atoms with van der Waals surface area (Å²) in [7, 11) is 0. The van der Waals surface area contributed by atoms with Gasteiger partial charge in [0.15, 0.2) is 0 Å². The van der Waals surface area contributed by atoms with E-state index in [1.807, 2.05) is 53.4 Å². The largest absolute Gasteiger partial charge is 0.444 e. The fraction of sp³-hybridized carbons (Fsp3) is 0.556. The fourth-order valence-electron chi connectivity index (χ4n) is 5.12. The van der Waals surface area contributed by atoms with Gasteiger partial charge in [0.1, 0.15) is 29.4 Å². The number of anilines is 3. The molecule has 11 nitrogen and oxygen atoms in total. The van der Waals surface area contributed by atoms with E-state index in [0.29, 0.717) is 54.8 Å². The number of piperazine rings is 1. The molecule has 0 aliphatic carbocycles. The maximum absolute atomic E-state index is 13.5. The average molecular weight is 521 g/mol. The van der Waals surface area contributed by atoms with Crippen molar-refractivity contribution < 1.29 is 14.3 Å². The number of carbonyl (C=O) groups excluding carboxylic acids is 2. The van der Waals surface area contributed by atoms with E-state index in [4.69, 9.17) is 4.74 Å². The highest BCUT2D eigenvalue weighted by molar-refractivity contribution is 5.95. The third-order valence-corrected chi connectivity index (χ3v) is 6.96. The molecule has 11 heteroatoms. The normalized spacial score (nSPS) is 23.1. The van der Waals surface area contributed by atoms with Crippen LogP contribution >= 0.6 is 0 Å². The lowest BCUT2D eigenvalue weighted by molar-refractivity contribution is -0.125. The van der Waals surface area contributed by atoms with Crippen molar-refractivity contribution in [1.82, 2.24) is 25.2 Å². The molecule has 2 aliphatic heterocycles. The summed E-state index contributed by atoms with van der Waals surface area (Å²) in [5.74, 6) is 1.65. The summed E-state index contributed by atoms with van der Waals surface area (Å²) in [6, 6.07) is 5.25. The first kappa shape index (κ1) is 27.1. The lowest BCUT2D eigenvalue weighted by atomic mass is 9.83. The summed E-state index contributed by atoms with van der Waals surface area (Å²) in [4.78, 5) is 46.0. The maximum Gasteiger partial charge on any atom is 0.410 e. The number of rotatable bonds is 4. The number of ether oxygens (including phenoxy) is 1. The molecule has 4 heterocycles. The average Bonchev–Trinajstić information content (AvgIpc) is 3.18. The van der Waals surface area contributed by atoms with E-state index < -0.39 is 11.0 Å². The minimum absolute atomic E-state index is 0.0923. The second-order valence-electron chi connectivity index (χ2n) is 11.2. The maximum atomic E-state index is 13.5. The lowest BCUT2D eigenvalue weighted by Crippen LogP contribution is -2.59. The molecule has 2 amide bonds. The Labute approximate surface area is 223 Å². The summed E-state index contributed by atoms with van der Waals surface area (Å²) in [6.45, 7) is 15.1. The molecule has 0 radical (unpaired) electrons. The molecule has 2 aromatic rings. The highest BCUT2D eigenvalue weighted by atomic mass is 16.6. The van der Waals surface area contributed by atoms with Gasteiger partial charge in [-0.05, 0) is 60.6 Å². The second kappa shape index (κ2) is 10.1. The zero-order valence-electron chi connectivity index (χ0n) is 23.1. The number of hydrogen-bond donors (Lipinski definition) is 1. The van der Waals surface area contributed by atoms with Gasteiger partial charge in [-0.2, -0.15) is 5.26 Å². The fourth-order valence-corrected chi connectivity index (χ4v) is 5.12. The predicted octanol–water partition coefficient (Wildman–Crippen LogP) is 3.12. The number of nitrogens with one attached hydrogen (secondary N) is 1. The molecule has 1 unspecified atom stereocenters. The molecule has 1 fully saturated rings. The highest BCUT2D eigenvalue weighted by Crippen LogP contribution is 2.47. The van der Waals surface area contributed by atoms with Gasteiger partial charge in [0.05, 0.1) is 22.6 Å². The number of amides is 2. The van der Waals surface area contributed by atoms with Crippen molar-refractivity contribution in [1.29, 1.82) is 5.26 Å². The van der Waals surface area contributed by atoms with Crippen LogP contribution in [0.25, 0.3) is 0 Å². The first-order valence-corrected chi connectivity index (χ1v) is 12.9. The molecule has 202 valence electrons. The minimum atomic E-state index is -0.975. The van der Waals surface area contributed by atoms with Gasteiger partial charge < -0.3 is 24.8 Å². The van der Waals surface area contributed by atoms with E-state index in [1.54, 1.807) is 23.2 Å². The Balaban J connectivity index is 1.76. The number of likely N-dealkylation sites (N-methyl/N-ethyl adjacent to an activating group) is 1. The smallest absolute Gasteiger partial charge is 0.410 e. The number of aromatic nitrogens is 3. The minimum Gasteiger partial charge on any atom is -0.444 e. The van der Waals surface area contributed by atoms with Gasteiger partial charge in [-0.1, -0.05) is 0 Å². The number of carbonyl (C=O) groups is 2. The summed E-state index contributed by atoms with van der Waals surface area (Å²) in [5.41, 5.74) is -0.380. The van der Waals surface area contributed by atoms with Crippen molar-refractivity contribution in [3.05, 3.63) is 35.8 Å². The van der Waals surface area contributed by atoms with Gasteiger partial charge in [0.2, 0.25) is 5.91 Å². The summed E-state index contributed by atoms with van der Waals surface area (Å²) >= 11 is 0. The van der Waals surface area contributed by atoms with Crippen molar-refractivity contribution in [2.24, 2.45) is 0 Å². The van der Waals surface area contributed by atoms with Crippen LogP contribution in [-0.4, -0.2) is 75.7 Å². The monoisotopic (exact) mass is 520 g/mol. The number of hydrogen-bond acceptors (Lipinski definition) is 9. The van der Waals surface area contributed by atoms with E-state index in [0.717, 1.165) is 0 Å². The van der Waals surface area contributed by atoms with Gasteiger partial charge in [-0.3, -0.25) is 4.79 Å². The lowest BCUT2D eigenvalue weighted by Gasteiger charge is -2.45. The van der Waals surface area contributed by atoms with Crippen LogP contribution in [-0.2, 0) is 14.9 Å². The highest BCUT2D eigenvalue weighted by Gasteiger charge is 2.50. The zero-order valence-corrected chi connectivity index (χ0v) is 23.1. The molecule has 2 aliphatic rings. The Hall–Kier alpha value is -3.94. The van der Waals surface area contributed by atoms with Crippen LogP contribution in [0.4, 0.5) is 22.2 Å². The molecular formula is C27H36N8O3. The molecule has 0 spiro atoms. The van der Waals surface area contributed by atoms with Gasteiger partial charge in [0.25, 0.3) is 0 Å². The second-order valence-corrected chi connectivity index (χ2v) is 11.2. The standard InChI is InChI=1S/C27H36N8O3/c1-8-29-24(36)27(7)15-35(20-11-19(12-28)9-10-30-20)23-21(27)22(31-16-32-23)33-13-18(3)34(14-17(33)2)25(37)38-26(4,5)6/h9-11,16-18H,8,13-15H2,1-7H3,(H,29,36)/t17-,18+,27?/m0/s1. The molecule has 2 aromatic heterocycles. The molecule has 0 saturated carbocycles. The molecule has 3 atom stereocenters. The zero-order chi connectivity index (χ0) is 27.8. The van der Waals surface area contributed by atoms with E-state index in [-0.39, 0.29) is 24.1 Å². The topological polar surface area (TPSA) is 128 Å². The Morgan fingerprint density at radius 1 is 1.18 bits per heavy atom. The Bertz CT molecular complexity index is 1270. The first-order valence-electron chi connectivity index (χ1n) is 12.9. The summed E-state index contributed by atoms with van der Waals surface area (Å²) in [6.07, 6.45) is 2.74.